The molecule has 0 N–H and O–H groups in total. The number of methoxy groups -OCH3 is 1. The van der Waals surface area contributed by atoms with Gasteiger partial charge in [0.1, 0.15) is 0 Å². The molecule has 0 unspecified atom stereocenters. The van der Waals surface area contributed by atoms with E-state index in [9.17, 15) is 4.79 Å². The highest BCUT2D eigenvalue weighted by molar-refractivity contribution is 5.79. The molecule has 0 atom stereocenters. The summed E-state index contributed by atoms with van der Waals surface area (Å²) in [6.45, 7) is 6.20. The molecular formula is C14H25NO2. The summed E-state index contributed by atoms with van der Waals surface area (Å²) in [4.78, 5) is 14.2. The van der Waals surface area contributed by atoms with Crippen molar-refractivity contribution in [2.24, 2.45) is 17.8 Å². The minimum Gasteiger partial charge on any atom is -0.378 e. The van der Waals surface area contributed by atoms with Crippen molar-refractivity contribution in [1.82, 2.24) is 4.90 Å². The summed E-state index contributed by atoms with van der Waals surface area (Å²) in [5.74, 6) is 2.28. The molecule has 1 amide bonds. The Bertz CT molecular complexity index is 263. The third kappa shape index (κ3) is 2.82. The summed E-state index contributed by atoms with van der Waals surface area (Å²) in [6.07, 6.45) is 4.93. The number of carbonyl (C=O) groups is 1. The topological polar surface area (TPSA) is 29.5 Å². The molecule has 0 spiro atoms. The van der Waals surface area contributed by atoms with E-state index in [4.69, 9.17) is 4.74 Å². The third-order valence-electron chi connectivity index (χ3n) is 4.56. The highest BCUT2D eigenvalue weighted by atomic mass is 16.5. The number of amides is 1. The molecule has 0 aromatic carbocycles. The number of ether oxygens (including phenoxy) is 1. The van der Waals surface area contributed by atoms with E-state index in [-0.39, 0.29) is 6.10 Å². The summed E-state index contributed by atoms with van der Waals surface area (Å²) >= 11 is 0. The van der Waals surface area contributed by atoms with E-state index in [1.165, 1.54) is 12.8 Å². The molecule has 0 aromatic heterocycles. The Morgan fingerprint density at radius 1 is 1.18 bits per heavy atom. The van der Waals surface area contributed by atoms with Crippen molar-refractivity contribution in [3.8, 4) is 0 Å². The van der Waals surface area contributed by atoms with Crippen molar-refractivity contribution in [3.05, 3.63) is 0 Å². The van der Waals surface area contributed by atoms with Gasteiger partial charge in [0.2, 0.25) is 5.91 Å². The van der Waals surface area contributed by atoms with Gasteiger partial charge < -0.3 is 9.64 Å². The first kappa shape index (κ1) is 12.9. The molecule has 3 heteroatoms. The van der Waals surface area contributed by atoms with Gasteiger partial charge in [-0.2, -0.15) is 0 Å². The maximum absolute atomic E-state index is 12.2. The largest absolute Gasteiger partial charge is 0.378 e. The van der Waals surface area contributed by atoms with Crippen molar-refractivity contribution in [2.75, 3.05) is 20.2 Å². The van der Waals surface area contributed by atoms with E-state index < -0.39 is 0 Å². The number of hydrogen-bond acceptors (Lipinski definition) is 2. The molecule has 0 aromatic rings. The van der Waals surface area contributed by atoms with Gasteiger partial charge >= 0.3 is 0 Å². The van der Waals surface area contributed by atoms with Crippen LogP contribution in [0.5, 0.6) is 0 Å². The standard InChI is InChI=1S/C14H25NO2/c1-10(2)11-4-6-12(7-5-11)14(16)15-8-13(9-15)17-3/h10-13H,4-9H2,1-3H3. The Morgan fingerprint density at radius 3 is 2.24 bits per heavy atom. The Morgan fingerprint density at radius 2 is 1.76 bits per heavy atom. The van der Waals surface area contributed by atoms with Crippen LogP contribution >= 0.6 is 0 Å². The fourth-order valence-corrected chi connectivity index (χ4v) is 3.06. The van der Waals surface area contributed by atoms with Gasteiger partial charge in [-0.15, -0.1) is 0 Å². The van der Waals surface area contributed by atoms with Gasteiger partial charge in [0.15, 0.2) is 0 Å². The predicted octanol–water partition coefficient (Wildman–Crippen LogP) is 2.31. The quantitative estimate of drug-likeness (QED) is 0.756. The SMILES string of the molecule is COC1CN(C(=O)C2CCC(C(C)C)CC2)C1. The molecule has 1 saturated heterocycles. The first-order valence-electron chi connectivity index (χ1n) is 6.93. The van der Waals surface area contributed by atoms with Gasteiger partial charge in [0.25, 0.3) is 0 Å². The van der Waals surface area contributed by atoms with E-state index in [1.54, 1.807) is 7.11 Å². The second kappa shape index (κ2) is 5.38. The van der Waals surface area contributed by atoms with Gasteiger partial charge in [-0.3, -0.25) is 4.79 Å². The van der Waals surface area contributed by atoms with E-state index in [0.29, 0.717) is 11.8 Å². The molecule has 98 valence electrons. The highest BCUT2D eigenvalue weighted by Crippen LogP contribution is 2.34. The van der Waals surface area contributed by atoms with Crippen LogP contribution in [0.3, 0.4) is 0 Å². The molecule has 2 aliphatic rings. The zero-order chi connectivity index (χ0) is 12.4. The molecule has 0 radical (unpaired) electrons. The number of rotatable bonds is 3. The zero-order valence-corrected chi connectivity index (χ0v) is 11.3. The lowest BCUT2D eigenvalue weighted by Crippen LogP contribution is -2.56. The van der Waals surface area contributed by atoms with Gasteiger partial charge in [0.05, 0.1) is 6.10 Å². The van der Waals surface area contributed by atoms with Crippen molar-refractivity contribution in [1.29, 1.82) is 0 Å². The van der Waals surface area contributed by atoms with Crippen LogP contribution in [0.1, 0.15) is 39.5 Å². The third-order valence-corrected chi connectivity index (χ3v) is 4.56. The first-order chi connectivity index (χ1) is 8.11. The van der Waals surface area contributed by atoms with Crippen molar-refractivity contribution < 1.29 is 9.53 Å². The number of likely N-dealkylation sites (tertiary alicyclic amines) is 1. The van der Waals surface area contributed by atoms with Crippen LogP contribution in [0.4, 0.5) is 0 Å². The van der Waals surface area contributed by atoms with E-state index in [0.717, 1.165) is 37.8 Å². The first-order valence-corrected chi connectivity index (χ1v) is 6.93. The molecule has 1 heterocycles. The summed E-state index contributed by atoms with van der Waals surface area (Å²) < 4.78 is 5.21. The molecule has 0 bridgehead atoms. The lowest BCUT2D eigenvalue weighted by molar-refractivity contribution is -0.148. The maximum atomic E-state index is 12.2. The summed E-state index contributed by atoms with van der Waals surface area (Å²) in [7, 11) is 1.72. The fourth-order valence-electron chi connectivity index (χ4n) is 3.06. The van der Waals surface area contributed by atoms with E-state index >= 15 is 0 Å². The lowest BCUT2D eigenvalue weighted by Gasteiger charge is -2.41. The summed E-state index contributed by atoms with van der Waals surface area (Å²) in [6, 6.07) is 0. The van der Waals surface area contributed by atoms with Crippen LogP contribution in [0.15, 0.2) is 0 Å². The molecular weight excluding hydrogens is 214 g/mol. The molecule has 3 nitrogen and oxygen atoms in total. The monoisotopic (exact) mass is 239 g/mol. The van der Waals surface area contributed by atoms with Gasteiger partial charge in [-0.25, -0.2) is 0 Å². The average Bonchev–Trinajstić information content (AvgIpc) is 2.27. The van der Waals surface area contributed by atoms with Crippen LogP contribution in [0.2, 0.25) is 0 Å². The molecule has 2 fully saturated rings. The number of carbonyl (C=O) groups excluding carboxylic acids is 1. The molecule has 17 heavy (non-hydrogen) atoms. The predicted molar refractivity (Wildman–Crippen MR) is 67.7 cm³/mol. The molecule has 1 aliphatic heterocycles. The van der Waals surface area contributed by atoms with Crippen LogP contribution in [0, 0.1) is 17.8 Å². The van der Waals surface area contributed by atoms with Gasteiger partial charge in [-0.1, -0.05) is 13.8 Å². The van der Waals surface area contributed by atoms with Crippen LogP contribution in [-0.4, -0.2) is 37.1 Å². The maximum Gasteiger partial charge on any atom is 0.225 e. The van der Waals surface area contributed by atoms with Crippen LogP contribution in [0.25, 0.3) is 0 Å². The minimum absolute atomic E-state index is 0.283. The summed E-state index contributed by atoms with van der Waals surface area (Å²) in [5.41, 5.74) is 0. The Balaban J connectivity index is 1.75. The lowest BCUT2D eigenvalue weighted by atomic mass is 9.76. The molecule has 1 saturated carbocycles. The van der Waals surface area contributed by atoms with Crippen LogP contribution < -0.4 is 0 Å². The second-order valence-electron chi connectivity index (χ2n) is 5.96. The Kier molecular flexibility index (Phi) is 4.08. The Labute approximate surface area is 105 Å². The number of nitrogens with zero attached hydrogens (tertiary/aromatic N) is 1. The van der Waals surface area contributed by atoms with Crippen molar-refractivity contribution in [3.63, 3.8) is 0 Å². The average molecular weight is 239 g/mol. The smallest absolute Gasteiger partial charge is 0.225 e. The zero-order valence-electron chi connectivity index (χ0n) is 11.3. The Hall–Kier alpha value is -0.570. The van der Waals surface area contributed by atoms with Crippen LogP contribution in [-0.2, 0) is 9.53 Å². The van der Waals surface area contributed by atoms with Gasteiger partial charge in [0, 0.05) is 26.1 Å². The normalized spacial score (nSPS) is 30.5. The van der Waals surface area contributed by atoms with E-state index in [2.05, 4.69) is 13.8 Å². The second-order valence-corrected chi connectivity index (χ2v) is 5.96. The number of hydrogen-bond donors (Lipinski definition) is 0. The highest BCUT2D eigenvalue weighted by Gasteiger charge is 2.36. The van der Waals surface area contributed by atoms with Crippen molar-refractivity contribution >= 4 is 5.91 Å². The molecule has 2 rings (SSSR count). The molecule has 1 aliphatic carbocycles. The minimum atomic E-state index is 0.283. The summed E-state index contributed by atoms with van der Waals surface area (Å²) in [5, 5.41) is 0. The van der Waals surface area contributed by atoms with Gasteiger partial charge in [-0.05, 0) is 37.5 Å². The fraction of sp³-hybridized carbons (Fsp3) is 0.929. The van der Waals surface area contributed by atoms with Crippen molar-refractivity contribution in [2.45, 2.75) is 45.6 Å². The van der Waals surface area contributed by atoms with E-state index in [1.807, 2.05) is 4.90 Å².